The monoisotopic (exact) mass is 293 g/mol. The first kappa shape index (κ1) is 10.7. The molecule has 0 N–H and O–H groups in total. The third kappa shape index (κ3) is 2.41. The quantitative estimate of drug-likeness (QED) is 0.838. The Morgan fingerprint density at radius 3 is 3.07 bits per heavy atom. The molecule has 1 aliphatic rings. The molecule has 0 aliphatic carbocycles. The number of hydrogen-bond acceptors (Lipinski definition) is 5. The lowest BCUT2D eigenvalue weighted by Gasteiger charge is -2.31. The van der Waals surface area contributed by atoms with Gasteiger partial charge in [-0.3, -0.25) is 0 Å². The summed E-state index contributed by atoms with van der Waals surface area (Å²) in [5, 5.41) is 9.93. The zero-order valence-corrected chi connectivity index (χ0v) is 11.2. The lowest BCUT2D eigenvalue weighted by molar-refractivity contribution is 0.722. The summed E-state index contributed by atoms with van der Waals surface area (Å²) >= 11 is 7.03. The molecule has 2 rings (SSSR count). The highest BCUT2D eigenvalue weighted by atomic mass is 79.9. The van der Waals surface area contributed by atoms with E-state index in [4.69, 9.17) is 0 Å². The Morgan fingerprint density at radius 2 is 2.43 bits per heavy atom. The van der Waals surface area contributed by atoms with E-state index in [1.165, 1.54) is 12.2 Å². The van der Waals surface area contributed by atoms with Crippen LogP contribution in [0.1, 0.15) is 13.3 Å². The van der Waals surface area contributed by atoms with E-state index in [0.717, 1.165) is 27.4 Å². The molecule has 3 nitrogen and oxygen atoms in total. The zero-order chi connectivity index (χ0) is 9.97. The van der Waals surface area contributed by atoms with E-state index in [1.54, 1.807) is 11.3 Å². The lowest BCUT2D eigenvalue weighted by atomic mass is 10.3. The standard InChI is InChI=1S/C8H12BrN3S2/c1-2-6-5-12(3-4-13-6)8-11-10-7(9)14-8/h6H,2-5H2,1H3. The average Bonchev–Trinajstić information content (AvgIpc) is 2.65. The molecule has 78 valence electrons. The number of aromatic nitrogens is 2. The van der Waals surface area contributed by atoms with Gasteiger partial charge < -0.3 is 4.90 Å². The summed E-state index contributed by atoms with van der Waals surface area (Å²) in [6, 6.07) is 0. The van der Waals surface area contributed by atoms with Gasteiger partial charge in [-0.15, -0.1) is 10.2 Å². The van der Waals surface area contributed by atoms with Crippen molar-refractivity contribution in [2.45, 2.75) is 18.6 Å². The molecule has 2 heterocycles. The maximum Gasteiger partial charge on any atom is 0.209 e. The van der Waals surface area contributed by atoms with Gasteiger partial charge in [0.1, 0.15) is 0 Å². The van der Waals surface area contributed by atoms with Crippen LogP contribution in [0.2, 0.25) is 0 Å². The highest BCUT2D eigenvalue weighted by Gasteiger charge is 2.21. The molecule has 14 heavy (non-hydrogen) atoms. The second-order valence-corrected chi connectivity index (χ2v) is 6.82. The van der Waals surface area contributed by atoms with Crippen LogP contribution in [-0.2, 0) is 0 Å². The first-order valence-electron chi connectivity index (χ1n) is 4.65. The molecule has 1 aromatic rings. The van der Waals surface area contributed by atoms with Crippen LogP contribution in [0.25, 0.3) is 0 Å². The predicted molar refractivity (Wildman–Crippen MR) is 66.4 cm³/mol. The molecule has 0 saturated carbocycles. The minimum absolute atomic E-state index is 0.756. The van der Waals surface area contributed by atoms with Crippen LogP contribution in [0.5, 0.6) is 0 Å². The van der Waals surface area contributed by atoms with Crippen LogP contribution in [0.4, 0.5) is 5.13 Å². The Labute approximate surface area is 100 Å². The maximum absolute atomic E-state index is 4.15. The van der Waals surface area contributed by atoms with E-state index in [9.17, 15) is 0 Å². The van der Waals surface area contributed by atoms with E-state index in [-0.39, 0.29) is 0 Å². The molecule has 0 radical (unpaired) electrons. The van der Waals surface area contributed by atoms with Crippen molar-refractivity contribution in [1.29, 1.82) is 0 Å². The molecule has 1 unspecified atom stereocenters. The van der Waals surface area contributed by atoms with Gasteiger partial charge in [0.15, 0.2) is 3.92 Å². The van der Waals surface area contributed by atoms with Gasteiger partial charge >= 0.3 is 0 Å². The first-order valence-corrected chi connectivity index (χ1v) is 7.31. The van der Waals surface area contributed by atoms with Gasteiger partial charge in [-0.2, -0.15) is 11.8 Å². The highest BCUT2D eigenvalue weighted by Crippen LogP contribution is 2.29. The molecule has 0 amide bonds. The van der Waals surface area contributed by atoms with Crippen molar-refractivity contribution in [3.8, 4) is 0 Å². The van der Waals surface area contributed by atoms with Crippen LogP contribution in [0, 0.1) is 0 Å². The summed E-state index contributed by atoms with van der Waals surface area (Å²) in [5.74, 6) is 1.20. The molecule has 1 atom stereocenters. The molecule has 1 aliphatic heterocycles. The summed E-state index contributed by atoms with van der Waals surface area (Å²) in [4.78, 5) is 2.34. The highest BCUT2D eigenvalue weighted by molar-refractivity contribution is 9.11. The average molecular weight is 294 g/mol. The molecular formula is C8H12BrN3S2. The number of nitrogens with zero attached hydrogens (tertiary/aromatic N) is 3. The van der Waals surface area contributed by atoms with Gasteiger partial charge in [0.25, 0.3) is 0 Å². The lowest BCUT2D eigenvalue weighted by Crippen LogP contribution is -2.37. The third-order valence-electron chi connectivity index (χ3n) is 2.25. The van der Waals surface area contributed by atoms with Gasteiger partial charge in [-0.25, -0.2) is 0 Å². The van der Waals surface area contributed by atoms with Gasteiger partial charge in [-0.1, -0.05) is 18.3 Å². The smallest absolute Gasteiger partial charge is 0.209 e. The van der Waals surface area contributed by atoms with Gasteiger partial charge in [0, 0.05) is 24.1 Å². The van der Waals surface area contributed by atoms with Crippen molar-refractivity contribution in [1.82, 2.24) is 10.2 Å². The topological polar surface area (TPSA) is 29.0 Å². The second-order valence-electron chi connectivity index (χ2n) is 3.18. The van der Waals surface area contributed by atoms with Gasteiger partial charge in [0.2, 0.25) is 5.13 Å². The maximum atomic E-state index is 4.15. The van der Waals surface area contributed by atoms with Gasteiger partial charge in [-0.05, 0) is 22.4 Å². The zero-order valence-electron chi connectivity index (χ0n) is 7.94. The Hall–Kier alpha value is 0.190. The third-order valence-corrected chi connectivity index (χ3v) is 5.04. The number of thioether (sulfide) groups is 1. The number of hydrogen-bond donors (Lipinski definition) is 0. The largest absolute Gasteiger partial charge is 0.345 e. The second kappa shape index (κ2) is 4.81. The Bertz CT molecular complexity index is 305. The van der Waals surface area contributed by atoms with Crippen molar-refractivity contribution in [3.05, 3.63) is 3.92 Å². The van der Waals surface area contributed by atoms with Crippen LogP contribution >= 0.6 is 39.0 Å². The van der Waals surface area contributed by atoms with Crippen molar-refractivity contribution < 1.29 is 0 Å². The Morgan fingerprint density at radius 1 is 1.57 bits per heavy atom. The summed E-state index contributed by atoms with van der Waals surface area (Å²) in [7, 11) is 0. The summed E-state index contributed by atoms with van der Waals surface area (Å²) < 4.78 is 0.874. The first-order chi connectivity index (χ1) is 6.79. The molecule has 0 bridgehead atoms. The number of anilines is 1. The van der Waals surface area contributed by atoms with Crippen molar-refractivity contribution in [2.24, 2.45) is 0 Å². The number of rotatable bonds is 2. The van der Waals surface area contributed by atoms with E-state index < -0.39 is 0 Å². The van der Waals surface area contributed by atoms with Crippen LogP contribution in [0.3, 0.4) is 0 Å². The van der Waals surface area contributed by atoms with Gasteiger partial charge in [0.05, 0.1) is 0 Å². The molecule has 0 aromatic carbocycles. The SMILES string of the molecule is CCC1CN(c2nnc(Br)s2)CCS1. The van der Waals surface area contributed by atoms with E-state index in [1.807, 2.05) is 0 Å². The van der Waals surface area contributed by atoms with Crippen molar-refractivity contribution >= 4 is 44.2 Å². The molecule has 1 aromatic heterocycles. The fourth-order valence-corrected chi connectivity index (χ4v) is 3.77. The van der Waals surface area contributed by atoms with Crippen LogP contribution in [0.15, 0.2) is 3.92 Å². The molecule has 1 saturated heterocycles. The Kier molecular flexibility index (Phi) is 3.67. The minimum Gasteiger partial charge on any atom is -0.345 e. The summed E-state index contributed by atoms with van der Waals surface area (Å²) in [6.45, 7) is 4.46. The molecule has 6 heteroatoms. The van der Waals surface area contributed by atoms with Crippen LogP contribution in [-0.4, -0.2) is 34.3 Å². The molecule has 1 fully saturated rings. The van der Waals surface area contributed by atoms with E-state index in [0.29, 0.717) is 0 Å². The van der Waals surface area contributed by atoms with Crippen molar-refractivity contribution in [3.63, 3.8) is 0 Å². The predicted octanol–water partition coefficient (Wildman–Crippen LogP) is 2.63. The normalized spacial score (nSPS) is 22.7. The fourth-order valence-electron chi connectivity index (χ4n) is 1.47. The van der Waals surface area contributed by atoms with E-state index >= 15 is 0 Å². The summed E-state index contributed by atoms with van der Waals surface area (Å²) in [5.41, 5.74) is 0. The summed E-state index contributed by atoms with van der Waals surface area (Å²) in [6.07, 6.45) is 1.24. The molecule has 0 spiro atoms. The fraction of sp³-hybridized carbons (Fsp3) is 0.750. The number of halogens is 1. The van der Waals surface area contributed by atoms with Crippen molar-refractivity contribution in [2.75, 3.05) is 23.7 Å². The Balaban J connectivity index is 2.04. The molecular weight excluding hydrogens is 282 g/mol. The van der Waals surface area contributed by atoms with Crippen LogP contribution < -0.4 is 4.90 Å². The minimum atomic E-state index is 0.756. The van der Waals surface area contributed by atoms with E-state index in [2.05, 4.69) is 49.7 Å².